The maximum atomic E-state index is 5.52. The zero-order valence-corrected chi connectivity index (χ0v) is 14.3. The maximum absolute atomic E-state index is 5.52. The van der Waals surface area contributed by atoms with Gasteiger partial charge < -0.3 is 0 Å². The fourth-order valence-corrected chi connectivity index (χ4v) is 3.00. The van der Waals surface area contributed by atoms with E-state index >= 15 is 0 Å². The van der Waals surface area contributed by atoms with Crippen molar-refractivity contribution in [1.82, 2.24) is 0 Å². The van der Waals surface area contributed by atoms with Crippen molar-refractivity contribution in [1.29, 1.82) is 0 Å². The predicted octanol–water partition coefficient (Wildman–Crippen LogP) is 4.55. The highest BCUT2D eigenvalue weighted by Crippen LogP contribution is 2.30. The lowest BCUT2D eigenvalue weighted by Gasteiger charge is -2.29. The summed E-state index contributed by atoms with van der Waals surface area (Å²) in [6, 6.07) is 0. The number of terminal acetylenes is 2. The molecular weight excluding hydrogens is 224 g/mol. The van der Waals surface area contributed by atoms with Gasteiger partial charge in [0.15, 0.2) is 0 Å². The summed E-state index contributed by atoms with van der Waals surface area (Å²) in [5.41, 5.74) is 7.17. The molecule has 0 amide bonds. The Morgan fingerprint density at radius 3 is 1.00 bits per heavy atom. The Balaban J connectivity index is 0. The van der Waals surface area contributed by atoms with E-state index in [9.17, 15) is 0 Å². The van der Waals surface area contributed by atoms with Gasteiger partial charge in [0.1, 0.15) is 16.1 Å². The molecule has 0 radical (unpaired) electrons. The van der Waals surface area contributed by atoms with Crippen molar-refractivity contribution in [2.75, 3.05) is 0 Å². The van der Waals surface area contributed by atoms with Gasteiger partial charge in [-0.3, -0.25) is 0 Å². The molecule has 0 aliphatic carbocycles. The van der Waals surface area contributed by atoms with Gasteiger partial charge in [0.2, 0.25) is 0 Å². The van der Waals surface area contributed by atoms with Crippen LogP contribution in [0.3, 0.4) is 0 Å². The normalized spacial score (nSPS) is 11.5. The van der Waals surface area contributed by atoms with Gasteiger partial charge in [-0.1, -0.05) is 53.9 Å². The predicted molar refractivity (Wildman–Crippen MR) is 82.8 cm³/mol. The summed E-state index contributed by atoms with van der Waals surface area (Å²) in [7, 11) is -2.45. The van der Waals surface area contributed by atoms with Crippen molar-refractivity contribution in [3.05, 3.63) is 0 Å². The SMILES string of the molecule is C#C[Si](C)(C(C)C)C(C)C.C#C[Si](C)(C)C. The summed E-state index contributed by atoms with van der Waals surface area (Å²) in [6.07, 6.45) is 10.6. The highest BCUT2D eigenvalue weighted by Gasteiger charge is 2.32. The fourth-order valence-electron chi connectivity index (χ4n) is 1.00. The molecule has 0 aromatic carbocycles. The van der Waals surface area contributed by atoms with Crippen LogP contribution in [-0.4, -0.2) is 16.1 Å². The standard InChI is InChI=1S/C9H18Si.C5H10Si/c1-7-10(6,8(2)3)9(4)5;1-5-6(2,3)4/h1,8-9H,2-6H3;1H,2-4H3. The highest BCUT2D eigenvalue weighted by atomic mass is 28.3. The van der Waals surface area contributed by atoms with E-state index in [1.165, 1.54) is 0 Å². The lowest BCUT2D eigenvalue weighted by atomic mass is 10.5. The number of rotatable bonds is 2. The largest absolute Gasteiger partial charge is 0.140 e. The smallest absolute Gasteiger partial charge is 0.135 e. The van der Waals surface area contributed by atoms with Gasteiger partial charge in [-0.2, -0.15) is 0 Å². The van der Waals surface area contributed by atoms with Gasteiger partial charge in [0.05, 0.1) is 0 Å². The van der Waals surface area contributed by atoms with Crippen LogP contribution >= 0.6 is 0 Å². The Bertz CT molecular complexity index is 261. The lowest BCUT2D eigenvalue weighted by molar-refractivity contribution is 0.921. The van der Waals surface area contributed by atoms with Gasteiger partial charge in [0.25, 0.3) is 0 Å². The molecule has 0 rings (SSSR count). The number of hydrogen-bond acceptors (Lipinski definition) is 0. The number of hydrogen-bond donors (Lipinski definition) is 0. The van der Waals surface area contributed by atoms with Crippen molar-refractivity contribution < 1.29 is 0 Å². The van der Waals surface area contributed by atoms with Gasteiger partial charge >= 0.3 is 0 Å². The molecule has 0 fully saturated rings. The van der Waals surface area contributed by atoms with Crippen LogP contribution in [-0.2, 0) is 0 Å². The molecule has 2 heteroatoms. The van der Waals surface area contributed by atoms with Crippen molar-refractivity contribution >= 4 is 16.1 Å². The molecule has 16 heavy (non-hydrogen) atoms. The van der Waals surface area contributed by atoms with Crippen molar-refractivity contribution in [2.24, 2.45) is 0 Å². The lowest BCUT2D eigenvalue weighted by Crippen LogP contribution is -2.35. The average Bonchev–Trinajstić information content (AvgIpc) is 2.15. The van der Waals surface area contributed by atoms with Crippen LogP contribution in [0.15, 0.2) is 0 Å². The van der Waals surface area contributed by atoms with E-state index in [2.05, 4.69) is 65.0 Å². The van der Waals surface area contributed by atoms with Crippen LogP contribution in [0.5, 0.6) is 0 Å². The molecule has 0 heterocycles. The molecule has 0 spiro atoms. The molecule has 0 atom stereocenters. The summed E-state index contributed by atoms with van der Waals surface area (Å²) in [5.74, 6) is 0. The van der Waals surface area contributed by atoms with E-state index in [0.717, 1.165) is 0 Å². The first-order chi connectivity index (χ1) is 7.01. The van der Waals surface area contributed by atoms with Gasteiger partial charge in [-0.25, -0.2) is 0 Å². The quantitative estimate of drug-likeness (QED) is 0.499. The monoisotopic (exact) mass is 252 g/mol. The van der Waals surface area contributed by atoms with E-state index in [-0.39, 0.29) is 0 Å². The second kappa shape index (κ2) is 6.99. The molecule has 0 nitrogen and oxygen atoms in total. The van der Waals surface area contributed by atoms with Crippen molar-refractivity contribution in [3.63, 3.8) is 0 Å². The first-order valence-corrected chi connectivity index (χ1v) is 12.1. The van der Waals surface area contributed by atoms with E-state index in [1.807, 2.05) is 0 Å². The molecular formula is C14H28Si2. The van der Waals surface area contributed by atoms with E-state index in [0.29, 0.717) is 11.1 Å². The van der Waals surface area contributed by atoms with E-state index in [1.54, 1.807) is 0 Å². The molecule has 0 saturated carbocycles. The third kappa shape index (κ3) is 6.93. The van der Waals surface area contributed by atoms with Gasteiger partial charge in [-0.05, 0) is 11.1 Å². The Morgan fingerprint density at radius 2 is 1.00 bits per heavy atom. The molecule has 0 aromatic heterocycles. The maximum Gasteiger partial charge on any atom is 0.140 e. The van der Waals surface area contributed by atoms with Gasteiger partial charge in [0, 0.05) is 0 Å². The Kier molecular flexibility index (Phi) is 7.84. The van der Waals surface area contributed by atoms with E-state index in [4.69, 9.17) is 12.8 Å². The summed E-state index contributed by atoms with van der Waals surface area (Å²) in [6.45, 7) is 17.7. The molecule has 0 unspecified atom stereocenters. The first-order valence-electron chi connectivity index (χ1n) is 5.96. The minimum Gasteiger partial charge on any atom is -0.135 e. The average molecular weight is 253 g/mol. The Hall–Kier alpha value is -0.446. The zero-order valence-electron chi connectivity index (χ0n) is 12.3. The summed E-state index contributed by atoms with van der Waals surface area (Å²) in [5, 5.41) is 0. The van der Waals surface area contributed by atoms with Crippen LogP contribution in [0, 0.1) is 23.9 Å². The van der Waals surface area contributed by atoms with Crippen molar-refractivity contribution in [3.8, 4) is 23.9 Å². The molecule has 0 bridgehead atoms. The minimum absolute atomic E-state index is 0.706. The summed E-state index contributed by atoms with van der Waals surface area (Å²) in [4.78, 5) is 0. The Labute approximate surface area is 105 Å². The topological polar surface area (TPSA) is 0 Å². The third-order valence-corrected chi connectivity index (χ3v) is 9.43. The van der Waals surface area contributed by atoms with Gasteiger partial charge in [-0.15, -0.1) is 23.9 Å². The van der Waals surface area contributed by atoms with Crippen LogP contribution in [0.2, 0.25) is 37.3 Å². The molecule has 0 aliphatic rings. The molecule has 0 aliphatic heterocycles. The van der Waals surface area contributed by atoms with Crippen LogP contribution in [0.4, 0.5) is 0 Å². The van der Waals surface area contributed by atoms with Crippen molar-refractivity contribution in [2.45, 2.75) is 65.0 Å². The van der Waals surface area contributed by atoms with E-state index < -0.39 is 16.1 Å². The molecule has 0 aromatic rings. The molecule has 92 valence electrons. The van der Waals surface area contributed by atoms with Crippen LogP contribution < -0.4 is 0 Å². The van der Waals surface area contributed by atoms with Crippen LogP contribution in [0.1, 0.15) is 27.7 Å². The first kappa shape index (κ1) is 17.9. The fraction of sp³-hybridized carbons (Fsp3) is 0.714. The molecule has 0 saturated heterocycles. The second-order valence-electron chi connectivity index (χ2n) is 6.13. The summed E-state index contributed by atoms with van der Waals surface area (Å²) < 4.78 is 0. The second-order valence-corrected chi connectivity index (χ2v) is 16.1. The highest BCUT2D eigenvalue weighted by molar-refractivity contribution is 6.88. The van der Waals surface area contributed by atoms with Crippen LogP contribution in [0.25, 0.3) is 0 Å². The summed E-state index contributed by atoms with van der Waals surface area (Å²) >= 11 is 0. The zero-order chi connectivity index (χ0) is 13.6. The molecule has 0 N–H and O–H groups in total. The Morgan fingerprint density at radius 1 is 0.750 bits per heavy atom. The third-order valence-electron chi connectivity index (χ3n) is 3.14. The minimum atomic E-state index is -1.35.